The van der Waals surface area contributed by atoms with Crippen molar-refractivity contribution in [1.82, 2.24) is 10.1 Å². The minimum absolute atomic E-state index is 0.226. The zero-order valence-corrected chi connectivity index (χ0v) is 9.96. The number of hydrogen-bond donors (Lipinski definition) is 1. The molecule has 92 valence electrons. The van der Waals surface area contributed by atoms with Crippen LogP contribution in [-0.4, -0.2) is 10.1 Å². The maximum Gasteiger partial charge on any atom is 0.243 e. The third-order valence-electron chi connectivity index (χ3n) is 2.84. The summed E-state index contributed by atoms with van der Waals surface area (Å²) in [5.74, 6) is 1.47. The Labute approximate surface area is 104 Å². The predicted octanol–water partition coefficient (Wildman–Crippen LogP) is 2.89. The molecule has 0 aliphatic heterocycles. The van der Waals surface area contributed by atoms with Crippen molar-refractivity contribution in [3.8, 4) is 11.6 Å². The first-order valence-electron chi connectivity index (χ1n) is 5.86. The summed E-state index contributed by atoms with van der Waals surface area (Å²) in [6.45, 7) is 1.97. The number of fused-ring (bicyclic) bond motifs is 1. The molecule has 0 aliphatic rings. The molecule has 2 N–H and O–H groups in total. The van der Waals surface area contributed by atoms with Crippen molar-refractivity contribution < 1.29 is 8.94 Å². The highest BCUT2D eigenvalue weighted by Crippen LogP contribution is 2.26. The van der Waals surface area contributed by atoms with Crippen LogP contribution in [0.1, 0.15) is 25.3 Å². The number of para-hydroxylation sites is 1. The highest BCUT2D eigenvalue weighted by atomic mass is 16.5. The maximum atomic E-state index is 5.83. The van der Waals surface area contributed by atoms with Crippen LogP contribution in [0.5, 0.6) is 0 Å². The topological polar surface area (TPSA) is 78.1 Å². The summed E-state index contributed by atoms with van der Waals surface area (Å²) >= 11 is 0. The molecule has 0 unspecified atom stereocenters. The molecule has 1 atom stereocenters. The fraction of sp³-hybridized carbons (Fsp3) is 0.231. The minimum atomic E-state index is -0.226. The van der Waals surface area contributed by atoms with Gasteiger partial charge in [0.1, 0.15) is 5.58 Å². The maximum absolute atomic E-state index is 5.83. The van der Waals surface area contributed by atoms with E-state index in [2.05, 4.69) is 10.1 Å². The third-order valence-corrected chi connectivity index (χ3v) is 2.84. The molecular weight excluding hydrogens is 230 g/mol. The quantitative estimate of drug-likeness (QED) is 0.765. The van der Waals surface area contributed by atoms with E-state index in [-0.39, 0.29) is 6.04 Å². The summed E-state index contributed by atoms with van der Waals surface area (Å²) in [5, 5.41) is 4.90. The van der Waals surface area contributed by atoms with E-state index in [1.54, 1.807) is 0 Å². The number of benzene rings is 1. The molecule has 3 aromatic rings. The smallest absolute Gasteiger partial charge is 0.243 e. The average Bonchev–Trinajstić information content (AvgIpc) is 3.03. The Bertz CT molecular complexity index is 638. The standard InChI is InChI=1S/C13H13N3O2/c1-2-9(14)13-15-12(16-18-13)11-7-8-5-3-4-6-10(8)17-11/h3-7,9H,2,14H2,1H3/t9-/m1/s1. The summed E-state index contributed by atoms with van der Waals surface area (Å²) in [4.78, 5) is 4.25. The Morgan fingerprint density at radius 1 is 1.33 bits per heavy atom. The van der Waals surface area contributed by atoms with Gasteiger partial charge < -0.3 is 14.7 Å². The van der Waals surface area contributed by atoms with Crippen LogP contribution in [0.3, 0.4) is 0 Å². The summed E-state index contributed by atoms with van der Waals surface area (Å²) in [6, 6.07) is 9.41. The molecule has 0 spiro atoms. The lowest BCUT2D eigenvalue weighted by atomic mass is 10.2. The van der Waals surface area contributed by atoms with E-state index in [0.717, 1.165) is 17.4 Å². The van der Waals surface area contributed by atoms with E-state index in [0.29, 0.717) is 17.5 Å². The van der Waals surface area contributed by atoms with Crippen LogP contribution >= 0.6 is 0 Å². The number of furan rings is 1. The molecule has 2 heterocycles. The Morgan fingerprint density at radius 3 is 2.94 bits per heavy atom. The summed E-state index contributed by atoms with van der Waals surface area (Å²) in [7, 11) is 0. The Hall–Kier alpha value is -2.14. The largest absolute Gasteiger partial charge is 0.453 e. The van der Waals surface area contributed by atoms with Crippen molar-refractivity contribution in [2.45, 2.75) is 19.4 Å². The van der Waals surface area contributed by atoms with E-state index < -0.39 is 0 Å². The van der Waals surface area contributed by atoms with Gasteiger partial charge in [0, 0.05) is 5.39 Å². The lowest BCUT2D eigenvalue weighted by molar-refractivity contribution is 0.352. The Kier molecular flexibility index (Phi) is 2.60. The second-order valence-corrected chi connectivity index (χ2v) is 4.12. The van der Waals surface area contributed by atoms with Crippen LogP contribution in [0.4, 0.5) is 0 Å². The van der Waals surface area contributed by atoms with Crippen LogP contribution in [0.2, 0.25) is 0 Å². The zero-order chi connectivity index (χ0) is 12.5. The van der Waals surface area contributed by atoms with E-state index in [9.17, 15) is 0 Å². The fourth-order valence-electron chi connectivity index (χ4n) is 1.75. The van der Waals surface area contributed by atoms with Gasteiger partial charge in [-0.1, -0.05) is 30.3 Å². The first kappa shape index (κ1) is 11.0. The third kappa shape index (κ3) is 1.78. The van der Waals surface area contributed by atoms with Gasteiger partial charge in [0.15, 0.2) is 5.76 Å². The monoisotopic (exact) mass is 243 g/mol. The highest BCUT2D eigenvalue weighted by molar-refractivity contribution is 5.81. The van der Waals surface area contributed by atoms with Gasteiger partial charge in [-0.3, -0.25) is 0 Å². The second kappa shape index (κ2) is 4.27. The van der Waals surface area contributed by atoms with Gasteiger partial charge in [0.25, 0.3) is 0 Å². The molecule has 3 rings (SSSR count). The van der Waals surface area contributed by atoms with Gasteiger partial charge in [0.2, 0.25) is 11.7 Å². The number of nitrogens with two attached hydrogens (primary N) is 1. The molecule has 0 fully saturated rings. The predicted molar refractivity (Wildman–Crippen MR) is 66.7 cm³/mol. The molecule has 5 heteroatoms. The molecular formula is C13H13N3O2. The number of hydrogen-bond acceptors (Lipinski definition) is 5. The van der Waals surface area contributed by atoms with Crippen LogP contribution in [0, 0.1) is 0 Å². The van der Waals surface area contributed by atoms with Crippen molar-refractivity contribution in [2.24, 2.45) is 5.73 Å². The molecule has 2 aromatic heterocycles. The van der Waals surface area contributed by atoms with Gasteiger partial charge >= 0.3 is 0 Å². The SMILES string of the molecule is CC[C@@H](N)c1nc(-c2cc3ccccc3o2)no1. The number of rotatable bonds is 3. The first-order chi connectivity index (χ1) is 8.78. The number of aromatic nitrogens is 2. The van der Waals surface area contributed by atoms with Gasteiger partial charge in [-0.05, 0) is 18.6 Å². The molecule has 18 heavy (non-hydrogen) atoms. The molecule has 0 saturated carbocycles. The van der Waals surface area contributed by atoms with Gasteiger partial charge in [0.05, 0.1) is 6.04 Å². The first-order valence-corrected chi connectivity index (χ1v) is 5.86. The average molecular weight is 243 g/mol. The van der Waals surface area contributed by atoms with Gasteiger partial charge in [-0.2, -0.15) is 4.98 Å². The highest BCUT2D eigenvalue weighted by Gasteiger charge is 2.16. The van der Waals surface area contributed by atoms with Crippen LogP contribution in [0.25, 0.3) is 22.6 Å². The molecule has 0 aliphatic carbocycles. The second-order valence-electron chi connectivity index (χ2n) is 4.12. The molecule has 1 aromatic carbocycles. The molecule has 0 bridgehead atoms. The van der Waals surface area contributed by atoms with Crippen molar-refractivity contribution in [3.63, 3.8) is 0 Å². The molecule has 0 radical (unpaired) electrons. The van der Waals surface area contributed by atoms with Gasteiger partial charge in [-0.15, -0.1) is 0 Å². The van der Waals surface area contributed by atoms with Crippen LogP contribution in [0.15, 0.2) is 39.3 Å². The van der Waals surface area contributed by atoms with E-state index in [1.807, 2.05) is 37.3 Å². The normalized spacial score (nSPS) is 13.0. The van der Waals surface area contributed by atoms with Crippen molar-refractivity contribution in [2.75, 3.05) is 0 Å². The molecule has 5 nitrogen and oxygen atoms in total. The summed E-state index contributed by atoms with van der Waals surface area (Å²) in [6.07, 6.45) is 0.752. The lowest BCUT2D eigenvalue weighted by Crippen LogP contribution is -2.08. The van der Waals surface area contributed by atoms with Gasteiger partial charge in [-0.25, -0.2) is 0 Å². The van der Waals surface area contributed by atoms with Crippen LogP contribution in [-0.2, 0) is 0 Å². The van der Waals surface area contributed by atoms with E-state index >= 15 is 0 Å². The fourth-order valence-corrected chi connectivity index (χ4v) is 1.75. The molecule has 0 amide bonds. The van der Waals surface area contributed by atoms with Crippen molar-refractivity contribution >= 4 is 11.0 Å². The zero-order valence-electron chi connectivity index (χ0n) is 9.96. The van der Waals surface area contributed by atoms with Crippen molar-refractivity contribution in [1.29, 1.82) is 0 Å². The van der Waals surface area contributed by atoms with Crippen LogP contribution < -0.4 is 5.73 Å². The lowest BCUT2D eigenvalue weighted by Gasteiger charge is -1.98. The minimum Gasteiger partial charge on any atom is -0.453 e. The number of nitrogens with zero attached hydrogens (tertiary/aromatic N) is 2. The molecule has 0 saturated heterocycles. The van der Waals surface area contributed by atoms with Crippen molar-refractivity contribution in [3.05, 3.63) is 36.2 Å². The van der Waals surface area contributed by atoms with E-state index in [1.165, 1.54) is 0 Å². The summed E-state index contributed by atoms with van der Waals surface area (Å²) < 4.78 is 10.8. The van der Waals surface area contributed by atoms with E-state index in [4.69, 9.17) is 14.7 Å². The Morgan fingerprint density at radius 2 is 2.17 bits per heavy atom. The summed E-state index contributed by atoms with van der Waals surface area (Å²) in [5.41, 5.74) is 6.64. The Balaban J connectivity index is 2.01.